The van der Waals surface area contributed by atoms with Gasteiger partial charge in [-0.1, -0.05) is 11.6 Å². The van der Waals surface area contributed by atoms with E-state index < -0.39 is 5.82 Å². The summed E-state index contributed by atoms with van der Waals surface area (Å²) in [5.41, 5.74) is 1.42. The Morgan fingerprint density at radius 3 is 2.70 bits per heavy atom. The van der Waals surface area contributed by atoms with Gasteiger partial charge in [0.15, 0.2) is 5.82 Å². The summed E-state index contributed by atoms with van der Waals surface area (Å²) in [5.74, 6) is 1.03. The Bertz CT molecular complexity index is 1280. The van der Waals surface area contributed by atoms with Crippen LogP contribution in [0.1, 0.15) is 44.1 Å². The number of aromatic hydroxyl groups is 1. The highest BCUT2D eigenvalue weighted by Gasteiger charge is 2.36. The highest BCUT2D eigenvalue weighted by Crippen LogP contribution is 2.50. The van der Waals surface area contributed by atoms with E-state index in [1.165, 1.54) is 32.1 Å². The van der Waals surface area contributed by atoms with Crippen LogP contribution in [-0.4, -0.2) is 46.4 Å². The summed E-state index contributed by atoms with van der Waals surface area (Å²) < 4.78 is 27.6. The van der Waals surface area contributed by atoms with E-state index in [-0.39, 0.29) is 40.8 Å². The number of hydrogen-bond donors (Lipinski definition) is 1. The highest BCUT2D eigenvalue weighted by molar-refractivity contribution is 6.32. The van der Waals surface area contributed by atoms with E-state index in [2.05, 4.69) is 26.8 Å². The number of phenols is 1. The molecule has 0 radical (unpaired) electrons. The van der Waals surface area contributed by atoms with Crippen LogP contribution in [0.4, 0.5) is 10.2 Å². The number of pyridine rings is 1. The van der Waals surface area contributed by atoms with E-state index in [1.54, 1.807) is 0 Å². The number of methoxy groups -OCH3 is 1. The molecule has 0 saturated heterocycles. The first-order chi connectivity index (χ1) is 15.9. The molecule has 0 amide bonds. The maximum atomic E-state index is 16.1. The van der Waals surface area contributed by atoms with Gasteiger partial charge in [-0.3, -0.25) is 0 Å². The van der Waals surface area contributed by atoms with Gasteiger partial charge in [0.1, 0.15) is 34.8 Å². The van der Waals surface area contributed by atoms with Gasteiger partial charge in [0.05, 0.1) is 13.2 Å². The second-order valence-corrected chi connectivity index (χ2v) is 9.66. The van der Waals surface area contributed by atoms with E-state index in [9.17, 15) is 5.11 Å². The molecule has 0 unspecified atom stereocenters. The first-order valence-corrected chi connectivity index (χ1v) is 11.7. The topological polar surface area (TPSA) is 80.6 Å². The zero-order valence-electron chi connectivity index (χ0n) is 18.4. The van der Waals surface area contributed by atoms with E-state index in [0.29, 0.717) is 34.3 Å². The molecule has 3 heterocycles. The van der Waals surface area contributed by atoms with Crippen LogP contribution in [0.3, 0.4) is 0 Å². The molecule has 7 nitrogen and oxygen atoms in total. The van der Waals surface area contributed by atoms with E-state index in [1.807, 2.05) is 0 Å². The number of nitrogens with zero attached hydrogens (tertiary/aromatic N) is 4. The molecule has 0 spiro atoms. The Kier molecular flexibility index (Phi) is 4.76. The first kappa shape index (κ1) is 20.7. The fraction of sp³-hybridized carbons (Fsp3) is 0.458. The van der Waals surface area contributed by atoms with Crippen molar-refractivity contribution < 1.29 is 19.0 Å². The smallest absolute Gasteiger partial charge is 0.318 e. The largest absolute Gasteiger partial charge is 0.508 e. The molecular formula is C24H24ClFN4O3. The number of ether oxygens (including phenoxy) is 2. The molecule has 33 heavy (non-hydrogen) atoms. The Balaban J connectivity index is 1.62. The molecule has 172 valence electrons. The summed E-state index contributed by atoms with van der Waals surface area (Å²) in [5, 5.41) is 11.1. The summed E-state index contributed by atoms with van der Waals surface area (Å²) in [4.78, 5) is 15.7. The maximum absolute atomic E-state index is 16.1. The molecule has 2 fully saturated rings. The van der Waals surface area contributed by atoms with E-state index in [4.69, 9.17) is 21.1 Å². The van der Waals surface area contributed by atoms with Crippen molar-refractivity contribution in [3.63, 3.8) is 0 Å². The molecule has 2 aromatic heterocycles. The zero-order valence-corrected chi connectivity index (χ0v) is 19.2. The monoisotopic (exact) mass is 470 g/mol. The van der Waals surface area contributed by atoms with Gasteiger partial charge in [0.25, 0.3) is 0 Å². The maximum Gasteiger partial charge on any atom is 0.318 e. The third-order valence-corrected chi connectivity index (χ3v) is 6.98. The number of phenolic OH excluding ortho intramolecular Hbond substituents is 1. The summed E-state index contributed by atoms with van der Waals surface area (Å²) >= 11 is 6.47. The molecule has 0 bridgehead atoms. The van der Waals surface area contributed by atoms with Crippen molar-refractivity contribution in [3.8, 4) is 28.9 Å². The van der Waals surface area contributed by atoms with E-state index in [0.717, 1.165) is 24.9 Å². The molecule has 9 heteroatoms. The second kappa shape index (κ2) is 7.58. The minimum absolute atomic E-state index is 0.0198. The van der Waals surface area contributed by atoms with Gasteiger partial charge in [-0.15, -0.1) is 0 Å². The Morgan fingerprint density at radius 1 is 1.21 bits per heavy atom. The Labute approximate surface area is 195 Å². The minimum Gasteiger partial charge on any atom is -0.508 e. The van der Waals surface area contributed by atoms with Crippen molar-refractivity contribution in [2.24, 2.45) is 5.92 Å². The lowest BCUT2D eigenvalue weighted by molar-refractivity contribution is 0.286. The zero-order chi connectivity index (χ0) is 22.9. The molecule has 1 aromatic carbocycles. The summed E-state index contributed by atoms with van der Waals surface area (Å²) in [6.07, 6.45) is 4.28. The summed E-state index contributed by atoms with van der Waals surface area (Å²) in [6.45, 7) is 3.26. The quantitative estimate of drug-likeness (QED) is 0.557. The number of anilines is 1. The van der Waals surface area contributed by atoms with Crippen molar-refractivity contribution in [2.45, 2.75) is 44.6 Å². The predicted octanol–water partition coefficient (Wildman–Crippen LogP) is 5.07. The Hall–Kier alpha value is -2.87. The van der Waals surface area contributed by atoms with Crippen molar-refractivity contribution in [2.75, 3.05) is 25.2 Å². The molecular weight excluding hydrogens is 447 g/mol. The lowest BCUT2D eigenvalue weighted by atomic mass is 9.98. The van der Waals surface area contributed by atoms with Crippen molar-refractivity contribution in [1.29, 1.82) is 0 Å². The minimum atomic E-state index is -0.608. The molecule has 1 aliphatic heterocycles. The average Bonchev–Trinajstić information content (AvgIpc) is 3.70. The number of benzene rings is 1. The highest BCUT2D eigenvalue weighted by atomic mass is 35.5. The third-order valence-electron chi connectivity index (χ3n) is 6.67. The van der Waals surface area contributed by atoms with Crippen molar-refractivity contribution in [3.05, 3.63) is 28.5 Å². The van der Waals surface area contributed by atoms with Gasteiger partial charge in [-0.2, -0.15) is 9.97 Å². The second-order valence-electron chi connectivity index (χ2n) is 9.26. The van der Waals surface area contributed by atoms with Crippen LogP contribution in [0.15, 0.2) is 12.1 Å². The lowest BCUT2D eigenvalue weighted by Crippen LogP contribution is -2.38. The SMILES string of the molecule is COc1nc2c3c(nc(-c4cc(O)cc(Cl)c4C4CC4)c(F)c3n1)OC[C@H](C)N2CC1CC1. The van der Waals surface area contributed by atoms with Gasteiger partial charge < -0.3 is 19.5 Å². The van der Waals surface area contributed by atoms with Crippen LogP contribution in [0, 0.1) is 11.7 Å². The van der Waals surface area contributed by atoms with Crippen LogP contribution in [-0.2, 0) is 0 Å². The third kappa shape index (κ3) is 3.51. The number of halogens is 2. The first-order valence-electron chi connectivity index (χ1n) is 11.3. The van der Waals surface area contributed by atoms with Crippen molar-refractivity contribution >= 4 is 28.3 Å². The van der Waals surface area contributed by atoms with Crippen molar-refractivity contribution in [1.82, 2.24) is 15.0 Å². The van der Waals surface area contributed by atoms with Crippen LogP contribution >= 0.6 is 11.6 Å². The fourth-order valence-corrected chi connectivity index (χ4v) is 4.98. The van der Waals surface area contributed by atoms with Gasteiger partial charge in [0.2, 0.25) is 5.88 Å². The molecule has 1 N–H and O–H groups in total. The predicted molar refractivity (Wildman–Crippen MR) is 123 cm³/mol. The molecule has 1 atom stereocenters. The van der Waals surface area contributed by atoms with Crippen LogP contribution in [0.25, 0.3) is 22.2 Å². The summed E-state index contributed by atoms with van der Waals surface area (Å²) in [6, 6.07) is 3.11. The van der Waals surface area contributed by atoms with E-state index >= 15 is 4.39 Å². The molecule has 2 saturated carbocycles. The van der Waals surface area contributed by atoms with Crippen LogP contribution < -0.4 is 14.4 Å². The number of rotatable bonds is 5. The van der Waals surface area contributed by atoms with Gasteiger partial charge >= 0.3 is 6.01 Å². The number of aromatic nitrogens is 3. The molecule has 3 aliphatic rings. The van der Waals surface area contributed by atoms with Gasteiger partial charge in [-0.05, 0) is 62.1 Å². The normalized spacial score (nSPS) is 20.0. The van der Waals surface area contributed by atoms with Gasteiger partial charge in [0, 0.05) is 17.1 Å². The summed E-state index contributed by atoms with van der Waals surface area (Å²) in [7, 11) is 1.47. The standard InChI is InChI=1S/C24H24ClFN4O3/c1-11-10-33-23-18-21(28-24(32-2)29-22(18)30(11)9-12-3-4-12)19(26)20(27-23)15-7-14(31)8-16(25)17(15)13-5-6-13/h7-8,11-13,31H,3-6,9-10H2,1-2H3/t11-/m0/s1. The Morgan fingerprint density at radius 2 is 2.00 bits per heavy atom. The van der Waals surface area contributed by atoms with Gasteiger partial charge in [-0.25, -0.2) is 9.37 Å². The average molecular weight is 471 g/mol. The fourth-order valence-electron chi connectivity index (χ4n) is 4.62. The lowest BCUT2D eigenvalue weighted by Gasteiger charge is -2.28. The molecule has 2 aliphatic carbocycles. The van der Waals surface area contributed by atoms with Crippen LogP contribution in [0.2, 0.25) is 5.02 Å². The number of hydrogen-bond acceptors (Lipinski definition) is 7. The molecule has 6 rings (SSSR count). The van der Waals surface area contributed by atoms with Crippen LogP contribution in [0.5, 0.6) is 17.6 Å². The molecule has 3 aromatic rings.